The number of hydrogen-bond acceptors (Lipinski definition) is 8. The third kappa shape index (κ3) is 1.63. The quantitative estimate of drug-likeness (QED) is 0.443. The Hall–Kier alpha value is -1.29. The van der Waals surface area contributed by atoms with Crippen molar-refractivity contribution in [3.8, 4) is 0 Å². The third-order valence-corrected chi connectivity index (χ3v) is 2.47. The van der Waals surface area contributed by atoms with Crippen LogP contribution < -0.4 is 5.32 Å². The van der Waals surface area contributed by atoms with E-state index in [0.29, 0.717) is 5.95 Å². The van der Waals surface area contributed by atoms with Gasteiger partial charge in [-0.3, -0.25) is 0 Å². The molecule has 9 heteroatoms. The molecule has 1 saturated heterocycles. The van der Waals surface area contributed by atoms with E-state index in [1.54, 1.807) is 7.05 Å². The molecule has 0 unspecified atom stereocenters. The summed E-state index contributed by atoms with van der Waals surface area (Å²) in [5.74, 6) is 0.301. The van der Waals surface area contributed by atoms with Gasteiger partial charge in [-0.2, -0.15) is 4.68 Å². The van der Waals surface area contributed by atoms with Crippen LogP contribution in [0.15, 0.2) is 0 Å². The lowest BCUT2D eigenvalue weighted by molar-refractivity contribution is -0.0583. The summed E-state index contributed by atoms with van der Waals surface area (Å²) in [6.45, 7) is -0.383. The van der Waals surface area contributed by atoms with Crippen molar-refractivity contribution in [1.82, 2.24) is 20.2 Å². The summed E-state index contributed by atoms with van der Waals surface area (Å²) in [6, 6.07) is 0. The number of aromatic nitrogens is 4. The van der Waals surface area contributed by atoms with Crippen LogP contribution in [-0.4, -0.2) is 67.5 Å². The maximum Gasteiger partial charge on any atom is 0.245 e. The standard InChI is InChI=1S/C7H13N5O4/c1-8-7-9-10-11-12(7)6-5(15)4(14)3(2-13)16-6/h3-6,13-15H,2H2,1H3,(H,8,9,11)/t3-,4+,5+,6+/m0/s1. The van der Waals surface area contributed by atoms with Crippen LogP contribution in [0.4, 0.5) is 5.95 Å². The van der Waals surface area contributed by atoms with Crippen LogP contribution in [0.2, 0.25) is 0 Å². The van der Waals surface area contributed by atoms with Gasteiger partial charge in [-0.25, -0.2) is 0 Å². The first-order valence-electron chi connectivity index (χ1n) is 4.77. The van der Waals surface area contributed by atoms with Gasteiger partial charge in [0.05, 0.1) is 6.61 Å². The lowest BCUT2D eigenvalue weighted by Crippen LogP contribution is -2.33. The van der Waals surface area contributed by atoms with E-state index < -0.39 is 24.5 Å². The summed E-state index contributed by atoms with van der Waals surface area (Å²) in [5.41, 5.74) is 0. The van der Waals surface area contributed by atoms with Gasteiger partial charge in [0.25, 0.3) is 0 Å². The summed E-state index contributed by atoms with van der Waals surface area (Å²) in [6.07, 6.45) is -4.10. The zero-order valence-electron chi connectivity index (χ0n) is 8.56. The number of ether oxygens (including phenoxy) is 1. The first-order chi connectivity index (χ1) is 7.69. The molecule has 1 fully saturated rings. The highest BCUT2D eigenvalue weighted by Gasteiger charge is 2.44. The van der Waals surface area contributed by atoms with Gasteiger partial charge >= 0.3 is 0 Å². The lowest BCUT2D eigenvalue weighted by atomic mass is 10.1. The molecule has 1 aromatic rings. The summed E-state index contributed by atoms with van der Waals surface area (Å²) < 4.78 is 6.46. The molecule has 0 radical (unpaired) electrons. The van der Waals surface area contributed by atoms with Crippen molar-refractivity contribution in [2.45, 2.75) is 24.5 Å². The highest BCUT2D eigenvalue weighted by Crippen LogP contribution is 2.29. The van der Waals surface area contributed by atoms with Gasteiger partial charge in [0.1, 0.15) is 18.3 Å². The summed E-state index contributed by atoms with van der Waals surface area (Å²) in [4.78, 5) is 0. The molecule has 9 nitrogen and oxygen atoms in total. The number of nitrogens with one attached hydrogen (secondary N) is 1. The second-order valence-corrected chi connectivity index (χ2v) is 3.43. The first kappa shape index (κ1) is 11.2. The number of rotatable bonds is 3. The van der Waals surface area contributed by atoms with E-state index >= 15 is 0 Å². The molecule has 0 spiro atoms. The second-order valence-electron chi connectivity index (χ2n) is 3.43. The van der Waals surface area contributed by atoms with Crippen molar-refractivity contribution < 1.29 is 20.1 Å². The van der Waals surface area contributed by atoms with Gasteiger partial charge in [0.15, 0.2) is 6.23 Å². The largest absolute Gasteiger partial charge is 0.394 e. The van der Waals surface area contributed by atoms with Gasteiger partial charge in [-0.1, -0.05) is 5.10 Å². The van der Waals surface area contributed by atoms with Crippen LogP contribution in [0.1, 0.15) is 6.23 Å². The van der Waals surface area contributed by atoms with E-state index in [0.717, 1.165) is 0 Å². The highest BCUT2D eigenvalue weighted by atomic mass is 16.6. The molecular weight excluding hydrogens is 218 g/mol. The van der Waals surface area contributed by atoms with E-state index in [-0.39, 0.29) is 6.61 Å². The zero-order valence-corrected chi connectivity index (χ0v) is 8.56. The fourth-order valence-corrected chi connectivity index (χ4v) is 1.61. The number of anilines is 1. The number of tetrazole rings is 1. The van der Waals surface area contributed by atoms with E-state index in [1.807, 2.05) is 0 Å². The maximum absolute atomic E-state index is 9.72. The minimum Gasteiger partial charge on any atom is -0.394 e. The molecule has 1 aromatic heterocycles. The molecule has 1 aliphatic heterocycles. The van der Waals surface area contributed by atoms with Crippen LogP contribution in [0.5, 0.6) is 0 Å². The molecule has 0 bridgehead atoms. The highest BCUT2D eigenvalue weighted by molar-refractivity contribution is 5.20. The number of aliphatic hydroxyl groups is 3. The average molecular weight is 231 g/mol. The van der Waals surface area contributed by atoms with Crippen molar-refractivity contribution in [2.75, 3.05) is 19.0 Å². The zero-order chi connectivity index (χ0) is 11.7. The number of nitrogens with zero attached hydrogens (tertiary/aromatic N) is 4. The predicted molar refractivity (Wildman–Crippen MR) is 50.4 cm³/mol. The van der Waals surface area contributed by atoms with Crippen molar-refractivity contribution in [1.29, 1.82) is 0 Å². The Morgan fingerprint density at radius 2 is 2.19 bits per heavy atom. The Morgan fingerprint density at radius 1 is 1.44 bits per heavy atom. The molecule has 2 rings (SSSR count). The second kappa shape index (κ2) is 4.29. The van der Waals surface area contributed by atoms with Crippen LogP contribution in [0.25, 0.3) is 0 Å². The van der Waals surface area contributed by atoms with Crippen molar-refractivity contribution >= 4 is 5.95 Å². The van der Waals surface area contributed by atoms with Crippen molar-refractivity contribution in [3.63, 3.8) is 0 Å². The Labute approximate surface area is 90.6 Å². The SMILES string of the molecule is CNc1nnnn1[C@@H]1O[C@@H](CO)[C@@H](O)[C@H]1O. The summed E-state index contributed by atoms with van der Waals surface area (Å²) in [5, 5.41) is 41.6. The van der Waals surface area contributed by atoms with Gasteiger partial charge in [0.2, 0.25) is 5.95 Å². The van der Waals surface area contributed by atoms with Crippen LogP contribution in [0, 0.1) is 0 Å². The van der Waals surface area contributed by atoms with E-state index in [4.69, 9.17) is 9.84 Å². The Balaban J connectivity index is 2.22. The Bertz CT molecular complexity index is 358. The van der Waals surface area contributed by atoms with Crippen LogP contribution in [0.3, 0.4) is 0 Å². The maximum atomic E-state index is 9.72. The molecule has 0 saturated carbocycles. The monoisotopic (exact) mass is 231 g/mol. The van der Waals surface area contributed by atoms with Crippen molar-refractivity contribution in [2.24, 2.45) is 0 Å². The summed E-state index contributed by atoms with van der Waals surface area (Å²) >= 11 is 0. The fraction of sp³-hybridized carbons (Fsp3) is 0.857. The van der Waals surface area contributed by atoms with Gasteiger partial charge in [-0.05, 0) is 10.4 Å². The Morgan fingerprint density at radius 3 is 2.75 bits per heavy atom. The van der Waals surface area contributed by atoms with Crippen molar-refractivity contribution in [3.05, 3.63) is 0 Å². The molecule has 1 aliphatic rings. The molecule has 16 heavy (non-hydrogen) atoms. The first-order valence-corrected chi connectivity index (χ1v) is 4.77. The third-order valence-electron chi connectivity index (χ3n) is 2.47. The van der Waals surface area contributed by atoms with Gasteiger partial charge in [0, 0.05) is 7.05 Å². The molecule has 0 aromatic carbocycles. The minimum absolute atomic E-state index is 0.301. The topological polar surface area (TPSA) is 126 Å². The van der Waals surface area contributed by atoms with E-state index in [2.05, 4.69) is 20.8 Å². The summed E-state index contributed by atoms with van der Waals surface area (Å²) in [7, 11) is 1.61. The molecule has 4 N–H and O–H groups in total. The molecule has 0 amide bonds. The molecule has 0 aliphatic carbocycles. The van der Waals surface area contributed by atoms with E-state index in [9.17, 15) is 10.2 Å². The van der Waals surface area contributed by atoms with Crippen LogP contribution in [-0.2, 0) is 4.74 Å². The molecule has 90 valence electrons. The lowest BCUT2D eigenvalue weighted by Gasteiger charge is -2.15. The molecule has 2 heterocycles. The van der Waals surface area contributed by atoms with Gasteiger partial charge < -0.3 is 25.4 Å². The number of hydrogen-bond donors (Lipinski definition) is 4. The van der Waals surface area contributed by atoms with E-state index in [1.165, 1.54) is 4.68 Å². The number of aliphatic hydroxyl groups excluding tert-OH is 3. The average Bonchev–Trinajstić information content (AvgIpc) is 2.86. The normalized spacial score (nSPS) is 34.2. The predicted octanol–water partition coefficient (Wildman–Crippen LogP) is -2.67. The van der Waals surface area contributed by atoms with Crippen LogP contribution >= 0.6 is 0 Å². The fourth-order valence-electron chi connectivity index (χ4n) is 1.61. The van der Waals surface area contributed by atoms with Gasteiger partial charge in [-0.15, -0.1) is 0 Å². The Kier molecular flexibility index (Phi) is 3.01. The molecular formula is C7H13N5O4. The minimum atomic E-state index is -1.19. The smallest absolute Gasteiger partial charge is 0.245 e. The molecule has 4 atom stereocenters.